The molecule has 3 aromatic carbocycles. The normalized spacial score (nSPS) is 11.1. The Bertz CT molecular complexity index is 1160. The number of ketones is 1. The van der Waals surface area contributed by atoms with E-state index in [1.165, 1.54) is 6.08 Å². The molecule has 0 spiro atoms. The maximum absolute atomic E-state index is 12.5. The Morgan fingerprint density at radius 2 is 1.45 bits per heavy atom. The number of para-hydroxylation sites is 1. The first-order valence-corrected chi connectivity index (χ1v) is 9.76. The average Bonchev–Trinajstić information content (AvgIpc) is 3.10. The Morgan fingerprint density at radius 3 is 2.10 bits per heavy atom. The van der Waals surface area contributed by atoms with Crippen molar-refractivity contribution in [3.63, 3.8) is 0 Å². The lowest BCUT2D eigenvalue weighted by Crippen LogP contribution is -1.96. The van der Waals surface area contributed by atoms with Gasteiger partial charge < -0.3 is 0 Å². The molecule has 5 heteroatoms. The quantitative estimate of drug-likeness (QED) is 0.265. The SMILES string of the molecule is O=C(/C=C/c1c(-c2ccc(Cl)cc2)nn(-c2ccccc2)c1Cl)c1ccccc1. The summed E-state index contributed by atoms with van der Waals surface area (Å²) in [6.07, 6.45) is 3.24. The number of nitrogens with zero attached hydrogens (tertiary/aromatic N) is 2. The molecule has 0 unspecified atom stereocenters. The number of benzene rings is 3. The van der Waals surface area contributed by atoms with Gasteiger partial charge in [0, 0.05) is 21.7 Å². The summed E-state index contributed by atoms with van der Waals surface area (Å²) in [4.78, 5) is 12.5. The molecule has 29 heavy (non-hydrogen) atoms. The van der Waals surface area contributed by atoms with E-state index in [4.69, 9.17) is 28.3 Å². The zero-order valence-corrected chi connectivity index (χ0v) is 16.8. The molecule has 0 fully saturated rings. The second-order valence-corrected chi connectivity index (χ2v) is 7.17. The number of hydrogen-bond acceptors (Lipinski definition) is 2. The van der Waals surface area contributed by atoms with Crippen LogP contribution in [0.25, 0.3) is 23.0 Å². The van der Waals surface area contributed by atoms with E-state index in [0.29, 0.717) is 27.0 Å². The third-order valence-corrected chi connectivity index (χ3v) is 5.06. The number of carbonyl (C=O) groups is 1. The third kappa shape index (κ3) is 4.16. The van der Waals surface area contributed by atoms with Gasteiger partial charge in [0.15, 0.2) is 5.78 Å². The van der Waals surface area contributed by atoms with Crippen LogP contribution in [0.3, 0.4) is 0 Å². The molecule has 0 saturated heterocycles. The number of allylic oxidation sites excluding steroid dienone is 1. The summed E-state index contributed by atoms with van der Waals surface area (Å²) in [6.45, 7) is 0. The summed E-state index contributed by atoms with van der Waals surface area (Å²) in [6, 6.07) is 26.1. The van der Waals surface area contributed by atoms with E-state index in [2.05, 4.69) is 0 Å². The van der Waals surface area contributed by atoms with Crippen LogP contribution in [-0.2, 0) is 0 Å². The monoisotopic (exact) mass is 418 g/mol. The predicted octanol–water partition coefficient (Wildman–Crippen LogP) is 6.74. The second-order valence-electron chi connectivity index (χ2n) is 6.37. The Labute approximate surface area is 178 Å². The predicted molar refractivity (Wildman–Crippen MR) is 119 cm³/mol. The standard InChI is InChI=1S/C24H16Cl2N2O/c25-19-13-11-18(12-14-19)23-21(15-16-22(29)17-7-3-1-4-8-17)24(26)28(27-23)20-9-5-2-6-10-20/h1-16H/b16-15+. The lowest BCUT2D eigenvalue weighted by atomic mass is 10.1. The molecule has 1 heterocycles. The minimum Gasteiger partial charge on any atom is -0.289 e. The van der Waals surface area contributed by atoms with Crippen LogP contribution in [0.5, 0.6) is 0 Å². The van der Waals surface area contributed by atoms with Gasteiger partial charge in [-0.25, -0.2) is 4.68 Å². The smallest absolute Gasteiger partial charge is 0.185 e. The van der Waals surface area contributed by atoms with Gasteiger partial charge in [0.2, 0.25) is 0 Å². The molecule has 0 bridgehead atoms. The highest BCUT2D eigenvalue weighted by Crippen LogP contribution is 2.32. The molecule has 0 amide bonds. The van der Waals surface area contributed by atoms with Gasteiger partial charge in [0.05, 0.1) is 5.69 Å². The average molecular weight is 419 g/mol. The number of hydrogen-bond donors (Lipinski definition) is 0. The van der Waals surface area contributed by atoms with Crippen LogP contribution in [0.1, 0.15) is 15.9 Å². The van der Waals surface area contributed by atoms with Gasteiger partial charge in [0.1, 0.15) is 10.8 Å². The van der Waals surface area contributed by atoms with Crippen LogP contribution >= 0.6 is 23.2 Å². The molecule has 3 nitrogen and oxygen atoms in total. The van der Waals surface area contributed by atoms with Crippen molar-refractivity contribution in [1.29, 1.82) is 0 Å². The van der Waals surface area contributed by atoms with Crippen molar-refractivity contribution in [2.75, 3.05) is 0 Å². The Morgan fingerprint density at radius 1 is 0.828 bits per heavy atom. The summed E-state index contributed by atoms with van der Waals surface area (Å²) in [5, 5.41) is 5.78. The molecule has 0 atom stereocenters. The van der Waals surface area contributed by atoms with Gasteiger partial charge in [-0.15, -0.1) is 0 Å². The zero-order valence-electron chi connectivity index (χ0n) is 15.3. The van der Waals surface area contributed by atoms with Crippen molar-refractivity contribution >= 4 is 35.1 Å². The third-order valence-electron chi connectivity index (χ3n) is 4.44. The fraction of sp³-hybridized carbons (Fsp3) is 0. The maximum atomic E-state index is 12.5. The van der Waals surface area contributed by atoms with Crippen LogP contribution in [0.2, 0.25) is 10.2 Å². The number of rotatable bonds is 5. The Hall–Kier alpha value is -3.14. The molecule has 142 valence electrons. The van der Waals surface area contributed by atoms with Gasteiger partial charge in [-0.1, -0.05) is 83.9 Å². The molecular formula is C24H16Cl2N2O. The molecule has 4 aromatic rings. The van der Waals surface area contributed by atoms with Gasteiger partial charge in [-0.2, -0.15) is 5.10 Å². The number of carbonyl (C=O) groups excluding carboxylic acids is 1. The van der Waals surface area contributed by atoms with Crippen molar-refractivity contribution in [1.82, 2.24) is 9.78 Å². The molecule has 0 aliphatic rings. The Balaban J connectivity index is 1.80. The summed E-state index contributed by atoms with van der Waals surface area (Å²) < 4.78 is 1.66. The van der Waals surface area contributed by atoms with Crippen molar-refractivity contribution in [3.05, 3.63) is 112 Å². The van der Waals surface area contributed by atoms with E-state index >= 15 is 0 Å². The topological polar surface area (TPSA) is 34.9 Å². The molecule has 0 radical (unpaired) electrons. The minimum atomic E-state index is -0.101. The van der Waals surface area contributed by atoms with Gasteiger partial charge in [0.25, 0.3) is 0 Å². The minimum absolute atomic E-state index is 0.101. The number of halogens is 2. The van der Waals surface area contributed by atoms with E-state index in [0.717, 1.165) is 11.3 Å². The van der Waals surface area contributed by atoms with E-state index in [-0.39, 0.29) is 5.78 Å². The molecule has 0 saturated carbocycles. The van der Waals surface area contributed by atoms with Gasteiger partial charge in [-0.3, -0.25) is 4.79 Å². The van der Waals surface area contributed by atoms with E-state index in [1.54, 1.807) is 35.0 Å². The van der Waals surface area contributed by atoms with Gasteiger partial charge >= 0.3 is 0 Å². The first-order chi connectivity index (χ1) is 14.1. The summed E-state index contributed by atoms with van der Waals surface area (Å²) in [7, 11) is 0. The molecule has 0 aliphatic heterocycles. The summed E-state index contributed by atoms with van der Waals surface area (Å²) in [5.74, 6) is -0.101. The van der Waals surface area contributed by atoms with Crippen LogP contribution in [0.15, 0.2) is 91.0 Å². The summed E-state index contributed by atoms with van der Waals surface area (Å²) >= 11 is 12.7. The lowest BCUT2D eigenvalue weighted by molar-refractivity contribution is 0.104. The fourth-order valence-corrected chi connectivity index (χ4v) is 3.39. The van der Waals surface area contributed by atoms with E-state index in [1.807, 2.05) is 60.7 Å². The largest absolute Gasteiger partial charge is 0.289 e. The highest BCUT2D eigenvalue weighted by molar-refractivity contribution is 6.32. The van der Waals surface area contributed by atoms with Crippen molar-refractivity contribution in [2.45, 2.75) is 0 Å². The highest BCUT2D eigenvalue weighted by Gasteiger charge is 2.17. The van der Waals surface area contributed by atoms with Gasteiger partial charge in [-0.05, 0) is 36.4 Å². The fourth-order valence-electron chi connectivity index (χ4n) is 2.98. The van der Waals surface area contributed by atoms with Crippen LogP contribution in [0, 0.1) is 0 Å². The van der Waals surface area contributed by atoms with Crippen LogP contribution in [-0.4, -0.2) is 15.6 Å². The molecule has 0 aliphatic carbocycles. The van der Waals surface area contributed by atoms with Crippen LogP contribution in [0.4, 0.5) is 0 Å². The van der Waals surface area contributed by atoms with E-state index < -0.39 is 0 Å². The summed E-state index contributed by atoms with van der Waals surface area (Å²) in [5.41, 5.74) is 3.65. The van der Waals surface area contributed by atoms with E-state index in [9.17, 15) is 4.79 Å². The first kappa shape index (κ1) is 19.2. The van der Waals surface area contributed by atoms with Crippen molar-refractivity contribution < 1.29 is 4.79 Å². The second kappa shape index (κ2) is 8.48. The van der Waals surface area contributed by atoms with Crippen molar-refractivity contribution in [3.8, 4) is 16.9 Å². The highest BCUT2D eigenvalue weighted by atomic mass is 35.5. The molecule has 1 aromatic heterocycles. The maximum Gasteiger partial charge on any atom is 0.185 e. The van der Waals surface area contributed by atoms with Crippen molar-refractivity contribution in [2.24, 2.45) is 0 Å². The lowest BCUT2D eigenvalue weighted by Gasteiger charge is -2.01. The van der Waals surface area contributed by atoms with Crippen LogP contribution < -0.4 is 0 Å². The number of aromatic nitrogens is 2. The molecular weight excluding hydrogens is 403 g/mol. The zero-order chi connectivity index (χ0) is 20.2. The Kier molecular flexibility index (Phi) is 5.61. The molecule has 0 N–H and O–H groups in total. The first-order valence-electron chi connectivity index (χ1n) is 9.01. The molecule has 4 rings (SSSR count).